The Hall–Kier alpha value is -1.15. The van der Waals surface area contributed by atoms with Crippen molar-refractivity contribution in [2.24, 2.45) is 16.6 Å². The zero-order chi connectivity index (χ0) is 15.4. The first-order valence-corrected chi connectivity index (χ1v) is 8.65. The molecule has 3 rings (SSSR count). The van der Waals surface area contributed by atoms with E-state index in [4.69, 9.17) is 5.73 Å². The SMILES string of the molecule is CC1CCCN(C(N)=NCc2csc(-c3ccccc3)n2)C1.I. The number of guanidine groups is 1. The smallest absolute Gasteiger partial charge is 0.191 e. The number of hydrogen-bond donors (Lipinski definition) is 1. The molecular weight excluding hydrogens is 419 g/mol. The minimum atomic E-state index is 0. The molecule has 0 saturated carbocycles. The molecule has 2 aromatic rings. The van der Waals surface area contributed by atoms with Crippen molar-refractivity contribution in [2.45, 2.75) is 26.3 Å². The number of nitrogens with two attached hydrogens (primary N) is 1. The van der Waals surface area contributed by atoms with E-state index < -0.39 is 0 Å². The molecule has 1 aromatic heterocycles. The lowest BCUT2D eigenvalue weighted by Crippen LogP contribution is -2.43. The second-order valence-electron chi connectivity index (χ2n) is 5.88. The topological polar surface area (TPSA) is 54.5 Å². The highest BCUT2D eigenvalue weighted by Crippen LogP contribution is 2.23. The third kappa shape index (κ3) is 4.91. The zero-order valence-corrected chi connectivity index (χ0v) is 16.5. The van der Waals surface area contributed by atoms with Gasteiger partial charge in [-0.3, -0.25) is 0 Å². The standard InChI is InChI=1S/C17H22N4S.HI/c1-13-6-5-9-21(11-13)17(18)19-10-15-12-22-16(20-15)14-7-3-2-4-8-14;/h2-4,7-8,12-13H,5-6,9-11H2,1H3,(H2,18,19);1H. The van der Waals surface area contributed by atoms with Gasteiger partial charge in [0.25, 0.3) is 0 Å². The number of aromatic nitrogens is 1. The maximum Gasteiger partial charge on any atom is 0.191 e. The summed E-state index contributed by atoms with van der Waals surface area (Å²) >= 11 is 1.66. The number of benzene rings is 1. The van der Waals surface area contributed by atoms with Crippen molar-refractivity contribution in [2.75, 3.05) is 13.1 Å². The number of halogens is 1. The number of hydrogen-bond acceptors (Lipinski definition) is 3. The van der Waals surface area contributed by atoms with E-state index in [0.29, 0.717) is 18.4 Å². The quantitative estimate of drug-likeness (QED) is 0.445. The second kappa shape index (κ2) is 8.63. The minimum Gasteiger partial charge on any atom is -0.370 e. The molecular formula is C17H23IN4S. The molecule has 0 amide bonds. The van der Waals surface area contributed by atoms with E-state index in [0.717, 1.165) is 29.4 Å². The van der Waals surface area contributed by atoms with Crippen LogP contribution in [-0.2, 0) is 6.54 Å². The number of likely N-dealkylation sites (tertiary alicyclic amines) is 1. The van der Waals surface area contributed by atoms with Gasteiger partial charge in [-0.25, -0.2) is 9.98 Å². The Morgan fingerprint density at radius 3 is 2.91 bits per heavy atom. The summed E-state index contributed by atoms with van der Waals surface area (Å²) in [7, 11) is 0. The van der Waals surface area contributed by atoms with Crippen LogP contribution in [0.4, 0.5) is 0 Å². The first kappa shape index (κ1) is 18.2. The average Bonchev–Trinajstić information content (AvgIpc) is 3.02. The first-order valence-electron chi connectivity index (χ1n) is 7.77. The van der Waals surface area contributed by atoms with Gasteiger partial charge in [-0.2, -0.15) is 0 Å². The lowest BCUT2D eigenvalue weighted by Gasteiger charge is -2.31. The third-order valence-corrected chi connectivity index (χ3v) is 4.90. The fourth-order valence-electron chi connectivity index (χ4n) is 2.75. The van der Waals surface area contributed by atoms with Gasteiger partial charge in [0.15, 0.2) is 5.96 Å². The summed E-state index contributed by atoms with van der Waals surface area (Å²) in [6, 6.07) is 10.2. The van der Waals surface area contributed by atoms with Crippen molar-refractivity contribution in [1.82, 2.24) is 9.88 Å². The molecule has 1 aliphatic rings. The van der Waals surface area contributed by atoms with Gasteiger partial charge in [0, 0.05) is 24.0 Å². The van der Waals surface area contributed by atoms with Crippen molar-refractivity contribution in [3.63, 3.8) is 0 Å². The van der Waals surface area contributed by atoms with E-state index in [1.807, 2.05) is 18.2 Å². The summed E-state index contributed by atoms with van der Waals surface area (Å²) in [5.41, 5.74) is 8.26. The van der Waals surface area contributed by atoms with Crippen LogP contribution in [0.25, 0.3) is 10.6 Å². The Labute approximate surface area is 158 Å². The molecule has 1 saturated heterocycles. The van der Waals surface area contributed by atoms with Crippen molar-refractivity contribution in [3.05, 3.63) is 41.4 Å². The van der Waals surface area contributed by atoms with Crippen LogP contribution < -0.4 is 5.73 Å². The fourth-order valence-corrected chi connectivity index (χ4v) is 3.57. The number of nitrogens with zero attached hydrogens (tertiary/aromatic N) is 3. The molecule has 1 aliphatic heterocycles. The first-order chi connectivity index (χ1) is 10.7. The molecule has 1 unspecified atom stereocenters. The predicted molar refractivity (Wildman–Crippen MR) is 108 cm³/mol. The summed E-state index contributed by atoms with van der Waals surface area (Å²) in [6.45, 7) is 4.86. The monoisotopic (exact) mass is 442 g/mol. The van der Waals surface area contributed by atoms with E-state index in [-0.39, 0.29) is 24.0 Å². The highest BCUT2D eigenvalue weighted by Gasteiger charge is 2.17. The molecule has 0 bridgehead atoms. The molecule has 2 N–H and O–H groups in total. The van der Waals surface area contributed by atoms with Crippen LogP contribution in [0.5, 0.6) is 0 Å². The van der Waals surface area contributed by atoms with Crippen molar-refractivity contribution >= 4 is 41.3 Å². The van der Waals surface area contributed by atoms with E-state index in [1.165, 1.54) is 12.8 Å². The van der Waals surface area contributed by atoms with Crippen molar-refractivity contribution < 1.29 is 0 Å². The normalized spacial score (nSPS) is 18.6. The number of rotatable bonds is 3. The van der Waals surface area contributed by atoms with Crippen LogP contribution in [0.15, 0.2) is 40.7 Å². The lowest BCUT2D eigenvalue weighted by molar-refractivity contribution is 0.270. The second-order valence-corrected chi connectivity index (χ2v) is 6.74. The van der Waals surface area contributed by atoms with Crippen LogP contribution >= 0.6 is 35.3 Å². The van der Waals surface area contributed by atoms with Gasteiger partial charge in [0.2, 0.25) is 0 Å². The third-order valence-electron chi connectivity index (χ3n) is 3.96. The molecule has 4 nitrogen and oxygen atoms in total. The summed E-state index contributed by atoms with van der Waals surface area (Å²) in [4.78, 5) is 11.4. The molecule has 0 radical (unpaired) electrons. The average molecular weight is 442 g/mol. The Morgan fingerprint density at radius 1 is 1.39 bits per heavy atom. The Morgan fingerprint density at radius 2 is 2.17 bits per heavy atom. The highest BCUT2D eigenvalue weighted by molar-refractivity contribution is 14.0. The molecule has 124 valence electrons. The van der Waals surface area contributed by atoms with Gasteiger partial charge in [0.05, 0.1) is 12.2 Å². The van der Waals surface area contributed by atoms with Crippen molar-refractivity contribution in [1.29, 1.82) is 0 Å². The van der Waals surface area contributed by atoms with Gasteiger partial charge in [0.1, 0.15) is 5.01 Å². The van der Waals surface area contributed by atoms with Crippen LogP contribution in [0.2, 0.25) is 0 Å². The summed E-state index contributed by atoms with van der Waals surface area (Å²) in [5, 5.41) is 3.11. The van der Waals surface area contributed by atoms with Gasteiger partial charge in [-0.1, -0.05) is 37.3 Å². The van der Waals surface area contributed by atoms with Gasteiger partial charge in [-0.15, -0.1) is 35.3 Å². The zero-order valence-electron chi connectivity index (χ0n) is 13.3. The minimum absolute atomic E-state index is 0. The molecule has 1 atom stereocenters. The maximum absolute atomic E-state index is 6.13. The van der Waals surface area contributed by atoms with Crippen molar-refractivity contribution in [3.8, 4) is 10.6 Å². The van der Waals surface area contributed by atoms with Crippen LogP contribution in [0, 0.1) is 5.92 Å². The van der Waals surface area contributed by atoms with E-state index in [1.54, 1.807) is 11.3 Å². The van der Waals surface area contributed by atoms with Crippen LogP contribution in [-0.4, -0.2) is 28.9 Å². The molecule has 1 fully saturated rings. The Bertz CT molecular complexity index is 641. The number of thiazole rings is 1. The van der Waals surface area contributed by atoms with E-state index in [9.17, 15) is 0 Å². The molecule has 0 aliphatic carbocycles. The van der Waals surface area contributed by atoms with Gasteiger partial charge < -0.3 is 10.6 Å². The number of piperidine rings is 1. The molecule has 0 spiro atoms. The molecule has 6 heteroatoms. The van der Waals surface area contributed by atoms with Gasteiger partial charge in [-0.05, 0) is 18.8 Å². The predicted octanol–water partition coefficient (Wildman–Crippen LogP) is 3.97. The fraction of sp³-hybridized carbons (Fsp3) is 0.412. The summed E-state index contributed by atoms with van der Waals surface area (Å²) in [5.74, 6) is 1.35. The van der Waals surface area contributed by atoms with Crippen LogP contribution in [0.1, 0.15) is 25.5 Å². The highest BCUT2D eigenvalue weighted by atomic mass is 127. The lowest BCUT2D eigenvalue weighted by atomic mass is 10.0. The van der Waals surface area contributed by atoms with Crippen LogP contribution in [0.3, 0.4) is 0 Å². The Kier molecular flexibility index (Phi) is 6.83. The summed E-state index contributed by atoms with van der Waals surface area (Å²) < 4.78 is 0. The maximum atomic E-state index is 6.13. The largest absolute Gasteiger partial charge is 0.370 e. The molecule has 2 heterocycles. The number of aliphatic imine (C=N–C) groups is 1. The molecule has 1 aromatic carbocycles. The van der Waals surface area contributed by atoms with E-state index in [2.05, 4.69) is 39.3 Å². The Balaban J connectivity index is 0.00000192. The van der Waals surface area contributed by atoms with E-state index >= 15 is 0 Å². The molecule has 23 heavy (non-hydrogen) atoms. The van der Waals surface area contributed by atoms with Gasteiger partial charge >= 0.3 is 0 Å². The summed E-state index contributed by atoms with van der Waals surface area (Å²) in [6.07, 6.45) is 2.49.